The maximum atomic E-state index is 13.1. The van der Waals surface area contributed by atoms with Crippen LogP contribution in [0.2, 0.25) is 5.02 Å². The molecular weight excluding hydrogens is 272 g/mol. The Morgan fingerprint density at radius 1 is 1.30 bits per heavy atom. The van der Waals surface area contributed by atoms with Gasteiger partial charge in [-0.25, -0.2) is 0 Å². The van der Waals surface area contributed by atoms with Crippen LogP contribution in [0.25, 0.3) is 0 Å². The zero-order chi connectivity index (χ0) is 14.5. The minimum absolute atomic E-state index is 0.0578. The zero-order valence-corrected chi connectivity index (χ0v) is 13.1. The summed E-state index contributed by atoms with van der Waals surface area (Å²) in [7, 11) is 4.01. The molecule has 1 spiro atoms. The fourth-order valence-corrected chi connectivity index (χ4v) is 3.79. The molecule has 1 heterocycles. The van der Waals surface area contributed by atoms with Gasteiger partial charge in [0.15, 0.2) is 0 Å². The van der Waals surface area contributed by atoms with Crippen LogP contribution in [0.1, 0.15) is 38.2 Å². The molecule has 2 aliphatic rings. The van der Waals surface area contributed by atoms with Gasteiger partial charge in [-0.1, -0.05) is 24.4 Å². The molecule has 1 amide bonds. The minimum Gasteiger partial charge on any atom is -0.295 e. The van der Waals surface area contributed by atoms with E-state index in [9.17, 15) is 4.79 Å². The number of rotatable bonds is 2. The van der Waals surface area contributed by atoms with E-state index in [2.05, 4.69) is 11.8 Å². The molecule has 1 atom stereocenters. The quantitative estimate of drug-likeness (QED) is 0.834. The van der Waals surface area contributed by atoms with Crippen molar-refractivity contribution in [2.75, 3.05) is 19.0 Å². The molecule has 0 N–H and O–H groups in total. The largest absolute Gasteiger partial charge is 0.295 e. The highest BCUT2D eigenvalue weighted by Gasteiger charge is 2.53. The third kappa shape index (κ3) is 1.80. The third-order valence-corrected chi connectivity index (χ3v) is 5.18. The van der Waals surface area contributed by atoms with Crippen molar-refractivity contribution >= 4 is 23.2 Å². The summed E-state index contributed by atoms with van der Waals surface area (Å²) in [5.74, 6) is 0.258. The van der Waals surface area contributed by atoms with Gasteiger partial charge in [-0.2, -0.15) is 0 Å². The molecule has 3 nitrogen and oxygen atoms in total. The molecular formula is C16H21ClN2O. The monoisotopic (exact) mass is 292 g/mol. The van der Waals surface area contributed by atoms with Crippen LogP contribution in [0.15, 0.2) is 18.2 Å². The van der Waals surface area contributed by atoms with Gasteiger partial charge in [0.1, 0.15) is 0 Å². The average Bonchev–Trinajstić information content (AvgIpc) is 2.97. The highest BCUT2D eigenvalue weighted by atomic mass is 35.5. The standard InChI is InChI=1S/C16H21ClN2O/c1-11(18(2)3)19-14-7-6-12(17)10-13(14)16(15(19)20)8-4-5-9-16/h6-7,10-11H,4-5,8-9H2,1-3H3. The lowest BCUT2D eigenvalue weighted by Gasteiger charge is -2.32. The van der Waals surface area contributed by atoms with E-state index in [1.54, 1.807) is 0 Å². The van der Waals surface area contributed by atoms with E-state index >= 15 is 0 Å². The first-order chi connectivity index (χ1) is 9.47. The lowest BCUT2D eigenvalue weighted by atomic mass is 9.80. The Hall–Kier alpha value is -1.06. The number of fused-ring (bicyclic) bond motifs is 2. The van der Waals surface area contributed by atoms with Crippen LogP contribution in [0.3, 0.4) is 0 Å². The molecule has 1 aliphatic heterocycles. The minimum atomic E-state index is -0.315. The van der Waals surface area contributed by atoms with Gasteiger partial charge in [-0.15, -0.1) is 0 Å². The molecule has 0 saturated heterocycles. The fourth-order valence-electron chi connectivity index (χ4n) is 3.62. The molecule has 108 valence electrons. The Bertz CT molecular complexity index is 549. The Labute approximate surface area is 125 Å². The van der Waals surface area contributed by atoms with E-state index in [1.807, 2.05) is 37.2 Å². The maximum absolute atomic E-state index is 13.1. The van der Waals surface area contributed by atoms with E-state index in [1.165, 1.54) is 0 Å². The van der Waals surface area contributed by atoms with Crippen molar-refractivity contribution in [3.63, 3.8) is 0 Å². The summed E-state index contributed by atoms with van der Waals surface area (Å²) in [6.45, 7) is 2.07. The normalized spacial score (nSPS) is 21.9. The van der Waals surface area contributed by atoms with Gasteiger partial charge in [-0.05, 0) is 57.6 Å². The second-order valence-corrected chi connectivity index (χ2v) is 6.66. The van der Waals surface area contributed by atoms with Gasteiger partial charge in [0.05, 0.1) is 11.6 Å². The van der Waals surface area contributed by atoms with E-state index in [0.717, 1.165) is 42.0 Å². The highest BCUT2D eigenvalue weighted by Crippen LogP contribution is 2.52. The van der Waals surface area contributed by atoms with Gasteiger partial charge in [0, 0.05) is 10.7 Å². The lowest BCUT2D eigenvalue weighted by molar-refractivity contribution is -0.124. The number of amides is 1. The molecule has 1 aliphatic carbocycles. The zero-order valence-electron chi connectivity index (χ0n) is 12.3. The Morgan fingerprint density at radius 2 is 1.95 bits per heavy atom. The molecule has 0 aromatic heterocycles. The third-order valence-electron chi connectivity index (χ3n) is 4.94. The van der Waals surface area contributed by atoms with Gasteiger partial charge in [0.2, 0.25) is 5.91 Å². The number of nitrogens with zero attached hydrogens (tertiary/aromatic N) is 2. The van der Waals surface area contributed by atoms with Gasteiger partial charge < -0.3 is 0 Å². The van der Waals surface area contributed by atoms with Gasteiger partial charge >= 0.3 is 0 Å². The number of anilines is 1. The SMILES string of the molecule is CC(N(C)C)N1C(=O)C2(CCCC2)c2cc(Cl)ccc21. The van der Waals surface area contributed by atoms with Crippen LogP contribution >= 0.6 is 11.6 Å². The second-order valence-electron chi connectivity index (χ2n) is 6.22. The number of carbonyl (C=O) groups is 1. The molecule has 0 radical (unpaired) electrons. The molecule has 4 heteroatoms. The number of benzene rings is 1. The van der Waals surface area contributed by atoms with Crippen LogP contribution in [0.4, 0.5) is 5.69 Å². The molecule has 0 bridgehead atoms. The summed E-state index contributed by atoms with van der Waals surface area (Å²) >= 11 is 6.18. The summed E-state index contributed by atoms with van der Waals surface area (Å²) in [4.78, 5) is 17.1. The predicted octanol–water partition coefficient (Wildman–Crippen LogP) is 3.41. The van der Waals surface area contributed by atoms with E-state index < -0.39 is 0 Å². The van der Waals surface area contributed by atoms with Crippen LogP contribution in [-0.2, 0) is 10.2 Å². The summed E-state index contributed by atoms with van der Waals surface area (Å²) in [5, 5.41) is 0.724. The van der Waals surface area contributed by atoms with E-state index in [0.29, 0.717) is 0 Å². The summed E-state index contributed by atoms with van der Waals surface area (Å²) in [6.07, 6.45) is 4.22. The topological polar surface area (TPSA) is 23.6 Å². The summed E-state index contributed by atoms with van der Waals surface area (Å²) < 4.78 is 0. The van der Waals surface area contributed by atoms with E-state index in [4.69, 9.17) is 11.6 Å². The van der Waals surface area contributed by atoms with Crippen LogP contribution in [0.5, 0.6) is 0 Å². The number of halogens is 1. The van der Waals surface area contributed by atoms with Crippen LogP contribution in [0, 0.1) is 0 Å². The number of carbonyl (C=O) groups excluding carboxylic acids is 1. The first kappa shape index (κ1) is 13.9. The van der Waals surface area contributed by atoms with Crippen molar-refractivity contribution in [1.29, 1.82) is 0 Å². The molecule has 1 saturated carbocycles. The molecule has 1 aromatic carbocycles. The fraction of sp³-hybridized carbons (Fsp3) is 0.562. The lowest BCUT2D eigenvalue weighted by Crippen LogP contribution is -2.48. The van der Waals surface area contributed by atoms with Gasteiger partial charge in [0.25, 0.3) is 0 Å². The van der Waals surface area contributed by atoms with Crippen LogP contribution in [-0.4, -0.2) is 31.1 Å². The summed E-state index contributed by atoms with van der Waals surface area (Å²) in [5.41, 5.74) is 1.87. The molecule has 1 aromatic rings. The number of hydrogen-bond acceptors (Lipinski definition) is 2. The smallest absolute Gasteiger partial charge is 0.239 e. The van der Waals surface area contributed by atoms with Crippen molar-refractivity contribution in [2.45, 2.75) is 44.2 Å². The highest BCUT2D eigenvalue weighted by molar-refractivity contribution is 6.31. The van der Waals surface area contributed by atoms with Crippen molar-refractivity contribution in [3.05, 3.63) is 28.8 Å². The van der Waals surface area contributed by atoms with Crippen molar-refractivity contribution in [3.8, 4) is 0 Å². The van der Waals surface area contributed by atoms with Crippen molar-refractivity contribution in [1.82, 2.24) is 4.90 Å². The first-order valence-corrected chi connectivity index (χ1v) is 7.65. The average molecular weight is 293 g/mol. The number of hydrogen-bond donors (Lipinski definition) is 0. The van der Waals surface area contributed by atoms with Crippen LogP contribution < -0.4 is 4.90 Å². The molecule has 3 rings (SSSR count). The first-order valence-electron chi connectivity index (χ1n) is 7.27. The van der Waals surface area contributed by atoms with Gasteiger partial charge in [-0.3, -0.25) is 14.6 Å². The Kier molecular flexibility index (Phi) is 3.30. The molecule has 1 fully saturated rings. The second kappa shape index (κ2) is 4.74. The maximum Gasteiger partial charge on any atom is 0.239 e. The molecule has 20 heavy (non-hydrogen) atoms. The van der Waals surface area contributed by atoms with Crippen molar-refractivity contribution < 1.29 is 4.79 Å². The van der Waals surface area contributed by atoms with E-state index in [-0.39, 0.29) is 17.5 Å². The predicted molar refractivity (Wildman–Crippen MR) is 82.2 cm³/mol. The Morgan fingerprint density at radius 3 is 2.55 bits per heavy atom. The molecule has 1 unspecified atom stereocenters. The van der Waals surface area contributed by atoms with Crippen molar-refractivity contribution in [2.24, 2.45) is 0 Å². The Balaban J connectivity index is 2.15. The summed E-state index contributed by atoms with van der Waals surface area (Å²) in [6, 6.07) is 5.89.